The van der Waals surface area contributed by atoms with Gasteiger partial charge in [0, 0.05) is 19.5 Å². The first kappa shape index (κ1) is 12.9. The van der Waals surface area contributed by atoms with E-state index < -0.39 is 0 Å². The molecule has 3 nitrogen and oxygen atoms in total. The van der Waals surface area contributed by atoms with Gasteiger partial charge in [0.15, 0.2) is 0 Å². The standard InChI is InChI=1S/C14H26N2O/c1-13(2)5-4-8-16(11-13)12(17)9-14(10-15)6-3-7-14/h3-11,15H2,1-2H3. The summed E-state index contributed by atoms with van der Waals surface area (Å²) in [5, 5.41) is 0. The first-order valence-electron chi connectivity index (χ1n) is 6.94. The van der Waals surface area contributed by atoms with Crippen molar-refractivity contribution in [3.05, 3.63) is 0 Å². The van der Waals surface area contributed by atoms with Gasteiger partial charge < -0.3 is 10.6 Å². The molecule has 98 valence electrons. The highest BCUT2D eigenvalue weighted by Gasteiger charge is 2.39. The number of hydrogen-bond donors (Lipinski definition) is 1. The van der Waals surface area contributed by atoms with E-state index in [2.05, 4.69) is 18.7 Å². The maximum Gasteiger partial charge on any atom is 0.223 e. The summed E-state index contributed by atoms with van der Waals surface area (Å²) in [6.07, 6.45) is 6.60. The molecule has 0 radical (unpaired) electrons. The number of nitrogens with zero attached hydrogens (tertiary/aromatic N) is 1. The molecule has 0 unspecified atom stereocenters. The quantitative estimate of drug-likeness (QED) is 0.819. The SMILES string of the molecule is CC1(C)CCCN(C(=O)CC2(CN)CCC2)C1. The Morgan fingerprint density at radius 1 is 1.24 bits per heavy atom. The van der Waals surface area contributed by atoms with Crippen LogP contribution in [0.2, 0.25) is 0 Å². The molecule has 17 heavy (non-hydrogen) atoms. The van der Waals surface area contributed by atoms with Crippen LogP contribution in [0.15, 0.2) is 0 Å². The van der Waals surface area contributed by atoms with Crippen molar-refractivity contribution >= 4 is 5.91 Å². The third-order valence-electron chi connectivity index (χ3n) is 4.63. The summed E-state index contributed by atoms with van der Waals surface area (Å²) in [5.74, 6) is 0.336. The molecule has 3 heteroatoms. The fraction of sp³-hybridized carbons (Fsp3) is 0.929. The highest BCUT2D eigenvalue weighted by molar-refractivity contribution is 5.77. The molecular weight excluding hydrogens is 212 g/mol. The first-order chi connectivity index (χ1) is 7.96. The number of rotatable bonds is 3. The van der Waals surface area contributed by atoms with Gasteiger partial charge in [-0.25, -0.2) is 0 Å². The van der Waals surface area contributed by atoms with Gasteiger partial charge >= 0.3 is 0 Å². The Hall–Kier alpha value is -0.570. The summed E-state index contributed by atoms with van der Waals surface area (Å²) < 4.78 is 0. The van der Waals surface area contributed by atoms with Gasteiger partial charge in [-0.15, -0.1) is 0 Å². The van der Waals surface area contributed by atoms with Crippen LogP contribution in [0.4, 0.5) is 0 Å². The predicted molar refractivity (Wildman–Crippen MR) is 69.6 cm³/mol. The minimum atomic E-state index is 0.151. The van der Waals surface area contributed by atoms with E-state index in [0.717, 1.165) is 32.4 Å². The van der Waals surface area contributed by atoms with E-state index in [1.165, 1.54) is 12.8 Å². The van der Waals surface area contributed by atoms with Gasteiger partial charge in [0.05, 0.1) is 0 Å². The van der Waals surface area contributed by atoms with Crippen LogP contribution in [-0.2, 0) is 4.79 Å². The van der Waals surface area contributed by atoms with Gasteiger partial charge in [0.25, 0.3) is 0 Å². The number of hydrogen-bond acceptors (Lipinski definition) is 2. The normalized spacial score (nSPS) is 26.4. The zero-order chi connectivity index (χ0) is 12.5. The molecule has 2 aliphatic rings. The minimum absolute atomic E-state index is 0.151. The lowest BCUT2D eigenvalue weighted by atomic mass is 9.66. The summed E-state index contributed by atoms with van der Waals surface area (Å²) in [4.78, 5) is 14.4. The lowest BCUT2D eigenvalue weighted by Crippen LogP contribution is -2.47. The van der Waals surface area contributed by atoms with Crippen LogP contribution >= 0.6 is 0 Å². The van der Waals surface area contributed by atoms with Crippen LogP contribution < -0.4 is 5.73 Å². The molecule has 2 N–H and O–H groups in total. The van der Waals surface area contributed by atoms with Gasteiger partial charge in [-0.3, -0.25) is 4.79 Å². The molecule has 0 aromatic carbocycles. The van der Waals surface area contributed by atoms with E-state index in [0.29, 0.717) is 24.3 Å². The molecule has 1 saturated heterocycles. The number of piperidine rings is 1. The molecular formula is C14H26N2O. The lowest BCUT2D eigenvalue weighted by Gasteiger charge is -2.44. The van der Waals surface area contributed by atoms with E-state index in [-0.39, 0.29) is 5.41 Å². The minimum Gasteiger partial charge on any atom is -0.342 e. The van der Waals surface area contributed by atoms with Crippen LogP contribution in [0.1, 0.15) is 52.4 Å². The van der Waals surface area contributed by atoms with E-state index in [1.807, 2.05) is 0 Å². The van der Waals surface area contributed by atoms with Crippen LogP contribution in [0, 0.1) is 10.8 Å². The lowest BCUT2D eigenvalue weighted by molar-refractivity contribution is -0.138. The number of carbonyl (C=O) groups is 1. The van der Waals surface area contributed by atoms with E-state index in [1.54, 1.807) is 0 Å². The number of carbonyl (C=O) groups excluding carboxylic acids is 1. The van der Waals surface area contributed by atoms with Gasteiger partial charge in [-0.1, -0.05) is 20.3 Å². The van der Waals surface area contributed by atoms with E-state index in [9.17, 15) is 4.79 Å². The second-order valence-corrected chi connectivity index (χ2v) is 6.82. The van der Waals surface area contributed by atoms with Crippen LogP contribution in [-0.4, -0.2) is 30.4 Å². The number of amides is 1. The van der Waals surface area contributed by atoms with Crippen molar-refractivity contribution in [2.45, 2.75) is 52.4 Å². The fourth-order valence-corrected chi connectivity index (χ4v) is 3.20. The van der Waals surface area contributed by atoms with Crippen molar-refractivity contribution in [2.24, 2.45) is 16.6 Å². The highest BCUT2D eigenvalue weighted by atomic mass is 16.2. The van der Waals surface area contributed by atoms with E-state index in [4.69, 9.17) is 5.73 Å². The Morgan fingerprint density at radius 3 is 2.41 bits per heavy atom. The molecule has 1 saturated carbocycles. The zero-order valence-electron chi connectivity index (χ0n) is 11.3. The summed E-state index contributed by atoms with van der Waals surface area (Å²) >= 11 is 0. The summed E-state index contributed by atoms with van der Waals surface area (Å²) in [6.45, 7) is 7.06. The molecule has 0 aromatic rings. The Morgan fingerprint density at radius 2 is 1.94 bits per heavy atom. The Balaban J connectivity index is 1.91. The topological polar surface area (TPSA) is 46.3 Å². The van der Waals surface area contributed by atoms with Crippen LogP contribution in [0.3, 0.4) is 0 Å². The molecule has 2 fully saturated rings. The van der Waals surface area contributed by atoms with Crippen LogP contribution in [0.25, 0.3) is 0 Å². The van der Waals surface area contributed by atoms with Gasteiger partial charge in [0.2, 0.25) is 5.91 Å². The second kappa shape index (κ2) is 4.60. The smallest absolute Gasteiger partial charge is 0.223 e. The number of likely N-dealkylation sites (tertiary alicyclic amines) is 1. The van der Waals surface area contributed by atoms with Crippen molar-refractivity contribution in [3.63, 3.8) is 0 Å². The highest BCUT2D eigenvalue weighted by Crippen LogP contribution is 2.43. The van der Waals surface area contributed by atoms with Gasteiger partial charge in [-0.05, 0) is 43.1 Å². The predicted octanol–water partition coefficient (Wildman–Crippen LogP) is 2.15. The maximum absolute atomic E-state index is 12.3. The Labute approximate surface area is 105 Å². The average molecular weight is 238 g/mol. The van der Waals surface area contributed by atoms with Crippen molar-refractivity contribution in [2.75, 3.05) is 19.6 Å². The van der Waals surface area contributed by atoms with Crippen molar-refractivity contribution < 1.29 is 4.79 Å². The Kier molecular flexibility index (Phi) is 3.48. The summed E-state index contributed by atoms with van der Waals surface area (Å²) in [7, 11) is 0. The molecule has 1 amide bonds. The van der Waals surface area contributed by atoms with E-state index >= 15 is 0 Å². The molecule has 0 aromatic heterocycles. The average Bonchev–Trinajstić information content (AvgIpc) is 2.21. The largest absolute Gasteiger partial charge is 0.342 e. The molecule has 1 aliphatic carbocycles. The third kappa shape index (κ3) is 2.82. The maximum atomic E-state index is 12.3. The van der Waals surface area contributed by atoms with Gasteiger partial charge in [0.1, 0.15) is 0 Å². The summed E-state index contributed by atoms with van der Waals surface area (Å²) in [5.41, 5.74) is 6.28. The molecule has 0 atom stereocenters. The van der Waals surface area contributed by atoms with Crippen molar-refractivity contribution in [1.82, 2.24) is 4.90 Å². The molecule has 0 spiro atoms. The first-order valence-corrected chi connectivity index (χ1v) is 6.94. The zero-order valence-corrected chi connectivity index (χ0v) is 11.3. The number of nitrogens with two attached hydrogens (primary N) is 1. The third-order valence-corrected chi connectivity index (χ3v) is 4.63. The van der Waals surface area contributed by atoms with Crippen LogP contribution in [0.5, 0.6) is 0 Å². The Bertz CT molecular complexity index is 289. The summed E-state index contributed by atoms with van der Waals surface area (Å²) in [6, 6.07) is 0. The van der Waals surface area contributed by atoms with Gasteiger partial charge in [-0.2, -0.15) is 0 Å². The molecule has 0 bridgehead atoms. The monoisotopic (exact) mass is 238 g/mol. The van der Waals surface area contributed by atoms with Crippen molar-refractivity contribution in [3.8, 4) is 0 Å². The molecule has 1 aliphatic heterocycles. The fourth-order valence-electron chi connectivity index (χ4n) is 3.20. The van der Waals surface area contributed by atoms with Crippen molar-refractivity contribution in [1.29, 1.82) is 0 Å². The second-order valence-electron chi connectivity index (χ2n) is 6.82. The molecule has 2 rings (SSSR count). The molecule has 1 heterocycles.